The molecule has 2 unspecified atom stereocenters. The SMILES string of the molecule is CCCNC1(C#N)CCCC(Sc2ccccc2Cl)C1. The average molecular weight is 309 g/mol. The Morgan fingerprint density at radius 3 is 3.00 bits per heavy atom. The van der Waals surface area contributed by atoms with Crippen molar-refractivity contribution in [2.75, 3.05) is 6.54 Å². The number of halogens is 1. The first-order valence-corrected chi connectivity index (χ1v) is 8.52. The second kappa shape index (κ2) is 7.36. The monoisotopic (exact) mass is 308 g/mol. The van der Waals surface area contributed by atoms with Gasteiger partial charge in [-0.3, -0.25) is 5.32 Å². The van der Waals surface area contributed by atoms with E-state index < -0.39 is 0 Å². The highest BCUT2D eigenvalue weighted by atomic mass is 35.5. The Hall–Kier alpha value is -0.690. The molecule has 1 N–H and O–H groups in total. The van der Waals surface area contributed by atoms with Gasteiger partial charge in [-0.05, 0) is 50.8 Å². The van der Waals surface area contributed by atoms with Crippen molar-refractivity contribution < 1.29 is 0 Å². The largest absolute Gasteiger partial charge is 0.299 e. The second-order valence-electron chi connectivity index (χ2n) is 5.39. The zero-order chi connectivity index (χ0) is 14.4. The lowest BCUT2D eigenvalue weighted by Gasteiger charge is -2.36. The van der Waals surface area contributed by atoms with Crippen molar-refractivity contribution in [2.45, 2.75) is 54.7 Å². The van der Waals surface area contributed by atoms with Crippen LogP contribution in [0.5, 0.6) is 0 Å². The first-order chi connectivity index (χ1) is 9.69. The highest BCUT2D eigenvalue weighted by Crippen LogP contribution is 2.40. The van der Waals surface area contributed by atoms with Gasteiger partial charge in [-0.1, -0.05) is 30.7 Å². The van der Waals surface area contributed by atoms with Crippen molar-refractivity contribution in [3.8, 4) is 6.07 Å². The molecule has 0 spiro atoms. The van der Waals surface area contributed by atoms with Gasteiger partial charge in [0.25, 0.3) is 0 Å². The van der Waals surface area contributed by atoms with Crippen LogP contribution in [0.15, 0.2) is 29.2 Å². The highest BCUT2D eigenvalue weighted by Gasteiger charge is 2.36. The minimum atomic E-state index is -0.340. The normalized spacial score (nSPS) is 26.1. The Kier molecular flexibility index (Phi) is 5.77. The lowest BCUT2D eigenvalue weighted by molar-refractivity contribution is 0.305. The van der Waals surface area contributed by atoms with Crippen molar-refractivity contribution in [1.82, 2.24) is 5.32 Å². The van der Waals surface area contributed by atoms with Crippen molar-refractivity contribution in [1.29, 1.82) is 5.26 Å². The molecule has 2 rings (SSSR count). The Morgan fingerprint density at radius 1 is 1.50 bits per heavy atom. The fraction of sp³-hybridized carbons (Fsp3) is 0.562. The van der Waals surface area contributed by atoms with E-state index in [-0.39, 0.29) is 5.54 Å². The molecule has 20 heavy (non-hydrogen) atoms. The summed E-state index contributed by atoms with van der Waals surface area (Å²) in [6, 6.07) is 10.5. The molecule has 1 saturated carbocycles. The molecule has 108 valence electrons. The fourth-order valence-electron chi connectivity index (χ4n) is 2.71. The standard InChI is InChI=1S/C16H21ClN2S/c1-2-10-19-16(12-18)9-5-6-13(11-16)20-15-8-4-3-7-14(15)17/h3-4,7-8,13,19H,2,5-6,9-11H2,1H3. The number of nitrogens with zero attached hydrogens (tertiary/aromatic N) is 1. The fourth-order valence-corrected chi connectivity index (χ4v) is 4.33. The number of hydrogen-bond donors (Lipinski definition) is 1. The van der Waals surface area contributed by atoms with Crippen LogP contribution in [0.3, 0.4) is 0 Å². The molecule has 0 amide bonds. The minimum absolute atomic E-state index is 0.340. The predicted octanol–water partition coefficient (Wildman–Crippen LogP) is 4.64. The number of thioether (sulfide) groups is 1. The zero-order valence-corrected chi connectivity index (χ0v) is 13.4. The van der Waals surface area contributed by atoms with E-state index in [1.165, 1.54) is 0 Å². The van der Waals surface area contributed by atoms with Crippen LogP contribution in [0.1, 0.15) is 39.0 Å². The third-order valence-corrected chi connectivity index (χ3v) is 5.55. The van der Waals surface area contributed by atoms with Crippen LogP contribution in [-0.4, -0.2) is 17.3 Å². The van der Waals surface area contributed by atoms with E-state index in [4.69, 9.17) is 11.6 Å². The van der Waals surface area contributed by atoms with E-state index in [0.717, 1.165) is 48.6 Å². The molecule has 1 aliphatic rings. The van der Waals surface area contributed by atoms with Gasteiger partial charge in [-0.25, -0.2) is 0 Å². The first-order valence-electron chi connectivity index (χ1n) is 7.26. The minimum Gasteiger partial charge on any atom is -0.299 e. The van der Waals surface area contributed by atoms with Gasteiger partial charge in [0, 0.05) is 10.1 Å². The van der Waals surface area contributed by atoms with Gasteiger partial charge < -0.3 is 0 Å². The van der Waals surface area contributed by atoms with Gasteiger partial charge in [0.05, 0.1) is 11.1 Å². The lowest BCUT2D eigenvalue weighted by Crippen LogP contribution is -2.48. The van der Waals surface area contributed by atoms with Gasteiger partial charge in [-0.15, -0.1) is 11.8 Å². The zero-order valence-electron chi connectivity index (χ0n) is 11.9. The summed E-state index contributed by atoms with van der Waals surface area (Å²) >= 11 is 8.05. The Labute approximate surface area is 130 Å². The summed E-state index contributed by atoms with van der Waals surface area (Å²) < 4.78 is 0. The number of benzene rings is 1. The summed E-state index contributed by atoms with van der Waals surface area (Å²) in [6.07, 6.45) is 5.19. The summed E-state index contributed by atoms with van der Waals surface area (Å²) in [7, 11) is 0. The Bertz CT molecular complexity index is 486. The molecule has 4 heteroatoms. The molecular formula is C16H21ClN2S. The molecule has 2 nitrogen and oxygen atoms in total. The predicted molar refractivity (Wildman–Crippen MR) is 86.2 cm³/mol. The molecule has 0 saturated heterocycles. The van der Waals surface area contributed by atoms with Gasteiger partial charge in [0.1, 0.15) is 5.54 Å². The second-order valence-corrected chi connectivity index (χ2v) is 7.14. The van der Waals surface area contributed by atoms with E-state index in [1.807, 2.05) is 30.0 Å². The number of nitriles is 1. The summed E-state index contributed by atoms with van der Waals surface area (Å²) in [6.45, 7) is 3.05. The van der Waals surface area contributed by atoms with Crippen LogP contribution < -0.4 is 5.32 Å². The highest BCUT2D eigenvalue weighted by molar-refractivity contribution is 8.00. The van der Waals surface area contributed by atoms with E-state index >= 15 is 0 Å². The molecular weight excluding hydrogens is 288 g/mol. The molecule has 1 aromatic carbocycles. The molecule has 0 bridgehead atoms. The van der Waals surface area contributed by atoms with Gasteiger partial charge in [0.2, 0.25) is 0 Å². The molecule has 2 atom stereocenters. The maximum absolute atomic E-state index is 9.56. The van der Waals surface area contributed by atoms with Crippen molar-refractivity contribution >= 4 is 23.4 Å². The molecule has 1 aliphatic carbocycles. The summed E-state index contributed by atoms with van der Waals surface area (Å²) in [5, 5.41) is 14.3. The third-order valence-electron chi connectivity index (χ3n) is 3.76. The molecule has 0 radical (unpaired) electrons. The number of nitrogens with one attached hydrogen (secondary N) is 1. The van der Waals surface area contributed by atoms with Crippen LogP contribution in [0.4, 0.5) is 0 Å². The summed E-state index contributed by atoms with van der Waals surface area (Å²) in [5.74, 6) is 0. The van der Waals surface area contributed by atoms with E-state index in [9.17, 15) is 5.26 Å². The summed E-state index contributed by atoms with van der Waals surface area (Å²) in [5.41, 5.74) is -0.340. The number of rotatable bonds is 5. The van der Waals surface area contributed by atoms with Crippen molar-refractivity contribution in [2.24, 2.45) is 0 Å². The molecule has 0 aliphatic heterocycles. The van der Waals surface area contributed by atoms with E-state index in [1.54, 1.807) is 0 Å². The van der Waals surface area contributed by atoms with Crippen LogP contribution in [-0.2, 0) is 0 Å². The van der Waals surface area contributed by atoms with Crippen LogP contribution in [0.2, 0.25) is 5.02 Å². The third kappa shape index (κ3) is 3.91. The van der Waals surface area contributed by atoms with Crippen molar-refractivity contribution in [3.63, 3.8) is 0 Å². The number of hydrogen-bond acceptors (Lipinski definition) is 3. The smallest absolute Gasteiger partial charge is 0.107 e. The maximum Gasteiger partial charge on any atom is 0.107 e. The Balaban J connectivity index is 2.03. The maximum atomic E-state index is 9.56. The van der Waals surface area contributed by atoms with E-state index in [0.29, 0.717) is 5.25 Å². The van der Waals surface area contributed by atoms with E-state index in [2.05, 4.69) is 24.4 Å². The van der Waals surface area contributed by atoms with Crippen LogP contribution >= 0.6 is 23.4 Å². The molecule has 0 aromatic heterocycles. The first kappa shape index (κ1) is 15.7. The van der Waals surface area contributed by atoms with Crippen LogP contribution in [0, 0.1) is 11.3 Å². The van der Waals surface area contributed by atoms with Crippen LogP contribution in [0.25, 0.3) is 0 Å². The average Bonchev–Trinajstić information content (AvgIpc) is 2.48. The van der Waals surface area contributed by atoms with Crippen molar-refractivity contribution in [3.05, 3.63) is 29.3 Å². The van der Waals surface area contributed by atoms with Gasteiger partial charge in [0.15, 0.2) is 0 Å². The topological polar surface area (TPSA) is 35.8 Å². The summed E-state index contributed by atoms with van der Waals surface area (Å²) in [4.78, 5) is 1.13. The van der Waals surface area contributed by atoms with Gasteiger partial charge >= 0.3 is 0 Å². The quantitative estimate of drug-likeness (QED) is 0.861. The molecule has 1 aromatic rings. The lowest BCUT2D eigenvalue weighted by atomic mass is 9.82. The molecule has 0 heterocycles. The molecule has 1 fully saturated rings. The Morgan fingerprint density at radius 2 is 2.30 bits per heavy atom. The van der Waals surface area contributed by atoms with Gasteiger partial charge in [-0.2, -0.15) is 5.26 Å².